The zero-order valence-electron chi connectivity index (χ0n) is 15.1. The summed E-state index contributed by atoms with van der Waals surface area (Å²) in [6.07, 6.45) is 4.11. The van der Waals surface area contributed by atoms with Crippen LogP contribution in [0.25, 0.3) is 0 Å². The Morgan fingerprint density at radius 1 is 1.08 bits per heavy atom. The van der Waals surface area contributed by atoms with Gasteiger partial charge in [-0.3, -0.25) is 4.79 Å². The second-order valence-electron chi connectivity index (χ2n) is 7.43. The minimum absolute atomic E-state index is 0.132. The van der Waals surface area contributed by atoms with E-state index in [-0.39, 0.29) is 10.8 Å². The molecule has 1 unspecified atom stereocenters. The van der Waals surface area contributed by atoms with E-state index in [4.69, 9.17) is 11.6 Å². The van der Waals surface area contributed by atoms with Crippen molar-refractivity contribution in [2.24, 2.45) is 0 Å². The molecule has 26 heavy (non-hydrogen) atoms. The first kappa shape index (κ1) is 17.9. The van der Waals surface area contributed by atoms with E-state index in [1.54, 1.807) is 0 Å². The molecule has 1 atom stereocenters. The first-order valence-electron chi connectivity index (χ1n) is 9.35. The van der Waals surface area contributed by atoms with Crippen LogP contribution in [-0.2, 0) is 10.2 Å². The molecule has 0 aromatic heterocycles. The monoisotopic (exact) mass is 385 g/mol. The Kier molecular flexibility index (Phi) is 5.02. The van der Waals surface area contributed by atoms with Crippen molar-refractivity contribution in [1.29, 1.82) is 0 Å². The van der Waals surface area contributed by atoms with Gasteiger partial charge in [0, 0.05) is 17.3 Å². The zero-order valence-corrected chi connectivity index (χ0v) is 16.7. The van der Waals surface area contributed by atoms with Crippen molar-refractivity contribution >= 4 is 29.3 Å². The van der Waals surface area contributed by atoms with E-state index in [1.807, 2.05) is 23.9 Å². The van der Waals surface area contributed by atoms with E-state index in [9.17, 15) is 4.79 Å². The highest BCUT2D eigenvalue weighted by Crippen LogP contribution is 2.47. The summed E-state index contributed by atoms with van der Waals surface area (Å²) in [5.74, 6) is 1.30. The van der Waals surface area contributed by atoms with Crippen LogP contribution in [0.3, 0.4) is 0 Å². The van der Waals surface area contributed by atoms with Gasteiger partial charge in [-0.15, -0.1) is 11.8 Å². The molecule has 2 aliphatic rings. The molecule has 2 aromatic rings. The van der Waals surface area contributed by atoms with Crippen LogP contribution in [0.4, 0.5) is 0 Å². The second-order valence-corrected chi connectivity index (χ2v) is 9.05. The Labute approximate surface area is 164 Å². The molecular weight excluding hydrogens is 362 g/mol. The Morgan fingerprint density at radius 2 is 1.73 bits per heavy atom. The quantitative estimate of drug-likeness (QED) is 0.671. The molecule has 2 fully saturated rings. The molecule has 2 aromatic carbocycles. The number of halogens is 1. The summed E-state index contributed by atoms with van der Waals surface area (Å²) in [4.78, 5) is 15.9. The van der Waals surface area contributed by atoms with E-state index in [1.165, 1.54) is 11.1 Å². The number of carbonyl (C=O) groups is 1. The smallest absolute Gasteiger partial charge is 0.234 e. The number of amides is 1. The molecule has 1 aliphatic heterocycles. The lowest BCUT2D eigenvalue weighted by atomic mass is 9.77. The minimum Gasteiger partial charge on any atom is -0.325 e. The van der Waals surface area contributed by atoms with Crippen LogP contribution < -0.4 is 0 Å². The molecule has 4 rings (SSSR count). The maximum atomic E-state index is 13.8. The van der Waals surface area contributed by atoms with E-state index >= 15 is 0 Å². The SMILES string of the molecule is Cc1ccc(C2SCCN2C(=O)C2(c3ccc(Cl)cc3)CCCC2)cc1. The Hall–Kier alpha value is -1.45. The summed E-state index contributed by atoms with van der Waals surface area (Å²) in [6, 6.07) is 16.6. The molecule has 1 amide bonds. The molecule has 1 heterocycles. The van der Waals surface area contributed by atoms with Crippen LogP contribution in [0.15, 0.2) is 48.5 Å². The third-order valence-electron chi connectivity index (χ3n) is 5.78. The number of thioether (sulfide) groups is 1. The molecule has 0 bridgehead atoms. The van der Waals surface area contributed by atoms with Crippen molar-refractivity contribution < 1.29 is 4.79 Å². The standard InChI is InChI=1S/C22H24ClNOS/c1-16-4-6-17(7-5-16)20-24(14-15-26-20)21(25)22(12-2-3-13-22)18-8-10-19(23)11-9-18/h4-11,20H,2-3,12-15H2,1H3. The normalized spacial score (nSPS) is 21.9. The fourth-order valence-corrected chi connectivity index (χ4v) is 5.72. The lowest BCUT2D eigenvalue weighted by molar-refractivity contribution is -0.137. The summed E-state index contributed by atoms with van der Waals surface area (Å²) >= 11 is 7.96. The molecular formula is C22H24ClNOS. The maximum Gasteiger partial charge on any atom is 0.234 e. The molecule has 0 spiro atoms. The number of benzene rings is 2. The van der Waals surface area contributed by atoms with Crippen LogP contribution in [0, 0.1) is 6.92 Å². The average molecular weight is 386 g/mol. The highest BCUT2D eigenvalue weighted by atomic mass is 35.5. The first-order chi connectivity index (χ1) is 12.6. The number of hydrogen-bond acceptors (Lipinski definition) is 2. The Balaban J connectivity index is 1.67. The summed E-state index contributed by atoms with van der Waals surface area (Å²) < 4.78 is 0. The predicted molar refractivity (Wildman–Crippen MR) is 110 cm³/mol. The number of nitrogens with zero attached hydrogens (tertiary/aromatic N) is 1. The number of aryl methyl sites for hydroxylation is 1. The molecule has 0 N–H and O–H groups in total. The summed E-state index contributed by atoms with van der Waals surface area (Å²) in [6.45, 7) is 2.93. The lowest BCUT2D eigenvalue weighted by Crippen LogP contribution is -2.45. The predicted octanol–water partition coefficient (Wildman–Crippen LogP) is 5.73. The van der Waals surface area contributed by atoms with Gasteiger partial charge in [0.1, 0.15) is 5.37 Å². The summed E-state index contributed by atoms with van der Waals surface area (Å²) in [5, 5.41) is 0.858. The third-order valence-corrected chi connectivity index (χ3v) is 7.29. The van der Waals surface area contributed by atoms with Crippen LogP contribution >= 0.6 is 23.4 Å². The van der Waals surface area contributed by atoms with Gasteiger partial charge in [0.05, 0.1) is 5.41 Å². The van der Waals surface area contributed by atoms with Crippen molar-refractivity contribution in [2.45, 2.75) is 43.4 Å². The Bertz CT molecular complexity index is 781. The number of rotatable bonds is 3. The van der Waals surface area contributed by atoms with Gasteiger partial charge in [-0.05, 0) is 43.0 Å². The van der Waals surface area contributed by atoms with Crippen molar-refractivity contribution in [3.8, 4) is 0 Å². The average Bonchev–Trinajstić information content (AvgIpc) is 3.33. The van der Waals surface area contributed by atoms with Crippen LogP contribution in [0.2, 0.25) is 5.02 Å². The molecule has 2 nitrogen and oxygen atoms in total. The highest BCUT2D eigenvalue weighted by molar-refractivity contribution is 7.99. The van der Waals surface area contributed by atoms with E-state index in [0.29, 0.717) is 5.91 Å². The molecule has 1 saturated carbocycles. The van der Waals surface area contributed by atoms with E-state index < -0.39 is 0 Å². The van der Waals surface area contributed by atoms with Gasteiger partial charge in [0.15, 0.2) is 0 Å². The summed E-state index contributed by atoms with van der Waals surface area (Å²) in [7, 11) is 0. The third kappa shape index (κ3) is 3.16. The van der Waals surface area contributed by atoms with Crippen molar-refractivity contribution in [2.75, 3.05) is 12.3 Å². The van der Waals surface area contributed by atoms with Crippen molar-refractivity contribution in [1.82, 2.24) is 4.90 Å². The number of carbonyl (C=O) groups excluding carboxylic acids is 1. The largest absolute Gasteiger partial charge is 0.325 e. The highest BCUT2D eigenvalue weighted by Gasteiger charge is 2.47. The van der Waals surface area contributed by atoms with Crippen molar-refractivity contribution in [3.05, 3.63) is 70.2 Å². The van der Waals surface area contributed by atoms with Crippen molar-refractivity contribution in [3.63, 3.8) is 0 Å². The zero-order chi connectivity index (χ0) is 18.1. The number of hydrogen-bond donors (Lipinski definition) is 0. The molecule has 4 heteroatoms. The van der Waals surface area contributed by atoms with Gasteiger partial charge < -0.3 is 4.90 Å². The van der Waals surface area contributed by atoms with Gasteiger partial charge in [-0.2, -0.15) is 0 Å². The van der Waals surface area contributed by atoms with Gasteiger partial charge in [-0.25, -0.2) is 0 Å². The minimum atomic E-state index is -0.377. The Morgan fingerprint density at radius 3 is 2.38 bits per heavy atom. The van der Waals surface area contributed by atoms with Gasteiger partial charge in [0.2, 0.25) is 5.91 Å². The second kappa shape index (κ2) is 7.28. The van der Waals surface area contributed by atoms with Crippen LogP contribution in [-0.4, -0.2) is 23.1 Å². The van der Waals surface area contributed by atoms with Gasteiger partial charge in [0.25, 0.3) is 0 Å². The molecule has 136 valence electrons. The molecule has 0 radical (unpaired) electrons. The van der Waals surface area contributed by atoms with Crippen LogP contribution in [0.1, 0.15) is 47.7 Å². The lowest BCUT2D eigenvalue weighted by Gasteiger charge is -2.35. The van der Waals surface area contributed by atoms with E-state index in [0.717, 1.165) is 48.6 Å². The molecule has 1 saturated heterocycles. The van der Waals surface area contributed by atoms with E-state index in [2.05, 4.69) is 48.2 Å². The summed E-state index contributed by atoms with van der Waals surface area (Å²) in [5.41, 5.74) is 3.24. The van der Waals surface area contributed by atoms with Gasteiger partial charge in [-0.1, -0.05) is 66.4 Å². The van der Waals surface area contributed by atoms with Gasteiger partial charge >= 0.3 is 0 Å². The topological polar surface area (TPSA) is 20.3 Å². The maximum absolute atomic E-state index is 13.8. The first-order valence-corrected chi connectivity index (χ1v) is 10.8. The van der Waals surface area contributed by atoms with Crippen LogP contribution in [0.5, 0.6) is 0 Å². The fraction of sp³-hybridized carbons (Fsp3) is 0.409. The fourth-order valence-electron chi connectivity index (χ4n) is 4.33. The molecule has 1 aliphatic carbocycles.